The van der Waals surface area contributed by atoms with E-state index in [1.807, 2.05) is 24.3 Å². The normalized spacial score (nSPS) is 16.8. The number of esters is 1. The van der Waals surface area contributed by atoms with Crippen LogP contribution in [0.5, 0.6) is 0 Å². The van der Waals surface area contributed by atoms with Crippen molar-refractivity contribution in [1.82, 2.24) is 10.2 Å². The Morgan fingerprint density at radius 2 is 1.71 bits per heavy atom. The maximum absolute atomic E-state index is 13.3. The van der Waals surface area contributed by atoms with Crippen molar-refractivity contribution in [3.05, 3.63) is 99.1 Å². The van der Waals surface area contributed by atoms with E-state index < -0.39 is 22.7 Å². The number of methoxy groups -OCH3 is 1. The number of piperidine rings is 1. The highest BCUT2D eigenvalue weighted by atomic mass is 16.6. The second-order valence-corrected chi connectivity index (χ2v) is 10.3. The van der Waals surface area contributed by atoms with Gasteiger partial charge in [0.1, 0.15) is 12.5 Å². The van der Waals surface area contributed by atoms with E-state index >= 15 is 0 Å². The molecule has 5 rings (SSSR count). The maximum Gasteiger partial charge on any atom is 0.325 e. The number of carbonyl (C=O) groups is 3. The monoisotopic (exact) mass is 569 g/mol. The molecule has 2 aliphatic heterocycles. The van der Waals surface area contributed by atoms with Gasteiger partial charge in [0.05, 0.1) is 23.4 Å². The van der Waals surface area contributed by atoms with Crippen LogP contribution in [0.2, 0.25) is 0 Å². The second kappa shape index (κ2) is 12.7. The Bertz CT molecular complexity index is 1530. The van der Waals surface area contributed by atoms with Gasteiger partial charge in [0, 0.05) is 35.5 Å². The van der Waals surface area contributed by atoms with Gasteiger partial charge in [-0.1, -0.05) is 30.7 Å². The van der Waals surface area contributed by atoms with Crippen LogP contribution in [0.1, 0.15) is 52.2 Å². The zero-order valence-electron chi connectivity index (χ0n) is 23.2. The lowest BCUT2D eigenvalue weighted by molar-refractivity contribution is -0.384. The number of likely N-dealkylation sites (tertiary alicyclic amines) is 1. The summed E-state index contributed by atoms with van der Waals surface area (Å²) in [5.41, 5.74) is 3.85. The molecule has 3 aromatic rings. The van der Waals surface area contributed by atoms with Crippen molar-refractivity contribution in [2.45, 2.75) is 31.7 Å². The van der Waals surface area contributed by atoms with Crippen molar-refractivity contribution in [3.8, 4) is 0 Å². The number of aliphatic imine (C=N–C) groups is 1. The first-order chi connectivity index (χ1) is 20.3. The summed E-state index contributed by atoms with van der Waals surface area (Å²) < 4.78 is 4.56. The highest BCUT2D eigenvalue weighted by Crippen LogP contribution is 2.38. The standard InChI is InChI=1S/C31H31N5O6/c1-42-27(37)18-32-30(38)22-9-7-21(8-10-22)29(28-25-17-24(36(40)41)13-14-26(25)34-31(28)39)33-23-11-5-20(6-12-23)19-35-15-3-2-4-16-35/h5-14,17,28H,2-4,15-16,18-19H2,1H3,(H,32,38)(H,34,39). The summed E-state index contributed by atoms with van der Waals surface area (Å²) in [4.78, 5) is 55.5. The number of ether oxygens (including phenoxy) is 1. The highest BCUT2D eigenvalue weighted by Gasteiger charge is 2.36. The predicted octanol–water partition coefficient (Wildman–Crippen LogP) is 4.34. The Morgan fingerprint density at radius 1 is 1.02 bits per heavy atom. The number of hydrogen-bond acceptors (Lipinski definition) is 8. The number of anilines is 1. The number of nitrogens with one attached hydrogen (secondary N) is 2. The van der Waals surface area contributed by atoms with E-state index in [2.05, 4.69) is 20.3 Å². The SMILES string of the molecule is COC(=O)CNC(=O)c1ccc(C(=Nc2ccc(CN3CCCCC3)cc2)C2C(=O)Nc3ccc([N+](=O)[O-])cc32)cc1. The fourth-order valence-corrected chi connectivity index (χ4v) is 5.24. The van der Waals surface area contributed by atoms with Gasteiger partial charge in [0.15, 0.2) is 0 Å². The molecule has 1 saturated heterocycles. The number of benzene rings is 3. The number of nitro benzene ring substituents is 1. The smallest absolute Gasteiger partial charge is 0.325 e. The maximum atomic E-state index is 13.3. The molecular formula is C31H31N5O6. The summed E-state index contributed by atoms with van der Waals surface area (Å²) in [7, 11) is 1.23. The van der Waals surface area contributed by atoms with Crippen LogP contribution >= 0.6 is 0 Å². The molecule has 0 spiro atoms. The van der Waals surface area contributed by atoms with Crippen LogP contribution in [-0.2, 0) is 20.9 Å². The molecule has 0 radical (unpaired) electrons. The molecule has 0 saturated carbocycles. The third-order valence-corrected chi connectivity index (χ3v) is 7.46. The number of hydrogen-bond donors (Lipinski definition) is 2. The molecule has 1 unspecified atom stereocenters. The summed E-state index contributed by atoms with van der Waals surface area (Å²) in [6, 6.07) is 18.6. The number of fused-ring (bicyclic) bond motifs is 1. The summed E-state index contributed by atoms with van der Waals surface area (Å²) in [6.07, 6.45) is 3.69. The molecule has 42 heavy (non-hydrogen) atoms. The summed E-state index contributed by atoms with van der Waals surface area (Å²) in [6.45, 7) is 2.76. The third-order valence-electron chi connectivity index (χ3n) is 7.46. The van der Waals surface area contributed by atoms with Crippen molar-refractivity contribution in [2.75, 3.05) is 32.1 Å². The van der Waals surface area contributed by atoms with Gasteiger partial charge < -0.3 is 15.4 Å². The van der Waals surface area contributed by atoms with E-state index in [4.69, 9.17) is 4.99 Å². The zero-order chi connectivity index (χ0) is 29.6. The van der Waals surface area contributed by atoms with Gasteiger partial charge in [-0.3, -0.25) is 34.4 Å². The van der Waals surface area contributed by atoms with Gasteiger partial charge in [-0.15, -0.1) is 0 Å². The Kier molecular flexibility index (Phi) is 8.68. The fourth-order valence-electron chi connectivity index (χ4n) is 5.24. The Labute approximate surface area is 242 Å². The van der Waals surface area contributed by atoms with E-state index in [1.165, 1.54) is 50.1 Å². The number of nitrogens with zero attached hydrogens (tertiary/aromatic N) is 3. The van der Waals surface area contributed by atoms with Crippen LogP contribution < -0.4 is 10.6 Å². The summed E-state index contributed by atoms with van der Waals surface area (Å²) >= 11 is 0. The van der Waals surface area contributed by atoms with Crippen LogP contribution in [0.3, 0.4) is 0 Å². The number of nitro groups is 1. The molecule has 0 bridgehead atoms. The topological polar surface area (TPSA) is 143 Å². The molecule has 2 N–H and O–H groups in total. The van der Waals surface area contributed by atoms with Crippen molar-refractivity contribution in [3.63, 3.8) is 0 Å². The second-order valence-electron chi connectivity index (χ2n) is 10.3. The first-order valence-corrected chi connectivity index (χ1v) is 13.8. The molecule has 0 aliphatic carbocycles. The molecule has 216 valence electrons. The van der Waals surface area contributed by atoms with Gasteiger partial charge in [0.2, 0.25) is 5.91 Å². The van der Waals surface area contributed by atoms with Crippen molar-refractivity contribution < 1.29 is 24.0 Å². The van der Waals surface area contributed by atoms with Gasteiger partial charge >= 0.3 is 5.97 Å². The van der Waals surface area contributed by atoms with Gasteiger partial charge in [0.25, 0.3) is 11.6 Å². The minimum Gasteiger partial charge on any atom is -0.468 e. The molecule has 2 amide bonds. The first kappa shape index (κ1) is 28.6. The van der Waals surface area contributed by atoms with Crippen molar-refractivity contribution in [1.29, 1.82) is 0 Å². The minimum atomic E-state index is -0.910. The number of non-ortho nitro benzene ring substituents is 1. The van der Waals surface area contributed by atoms with E-state index in [9.17, 15) is 24.5 Å². The summed E-state index contributed by atoms with van der Waals surface area (Å²) in [5.74, 6) is -2.30. The predicted molar refractivity (Wildman–Crippen MR) is 157 cm³/mol. The van der Waals surface area contributed by atoms with Crippen LogP contribution in [0.25, 0.3) is 0 Å². The summed E-state index contributed by atoms with van der Waals surface area (Å²) in [5, 5.41) is 16.8. The van der Waals surface area contributed by atoms with E-state index in [1.54, 1.807) is 24.3 Å². The lowest BCUT2D eigenvalue weighted by Gasteiger charge is -2.26. The molecule has 0 aromatic heterocycles. The molecule has 11 nitrogen and oxygen atoms in total. The van der Waals surface area contributed by atoms with Crippen molar-refractivity contribution in [2.24, 2.45) is 4.99 Å². The Morgan fingerprint density at radius 3 is 2.38 bits per heavy atom. The molecule has 1 fully saturated rings. The average Bonchev–Trinajstić information content (AvgIpc) is 3.34. The van der Waals surface area contributed by atoms with Crippen LogP contribution in [0, 0.1) is 10.1 Å². The Balaban J connectivity index is 1.48. The number of rotatable bonds is 9. The highest BCUT2D eigenvalue weighted by molar-refractivity contribution is 6.24. The number of carbonyl (C=O) groups excluding carboxylic acids is 3. The molecule has 2 aliphatic rings. The molecule has 2 heterocycles. The van der Waals surface area contributed by atoms with E-state index in [-0.39, 0.29) is 18.1 Å². The van der Waals surface area contributed by atoms with Crippen molar-refractivity contribution >= 4 is 40.6 Å². The van der Waals surface area contributed by atoms with E-state index in [0.717, 1.165) is 19.6 Å². The lowest BCUT2D eigenvalue weighted by Crippen LogP contribution is -2.30. The van der Waals surface area contributed by atoms with Crippen LogP contribution in [-0.4, -0.2) is 60.1 Å². The minimum absolute atomic E-state index is 0.130. The largest absolute Gasteiger partial charge is 0.468 e. The number of amides is 2. The van der Waals surface area contributed by atoms with Gasteiger partial charge in [-0.05, 0) is 67.4 Å². The Hall–Kier alpha value is -4.90. The zero-order valence-corrected chi connectivity index (χ0v) is 23.2. The van der Waals surface area contributed by atoms with Crippen LogP contribution in [0.4, 0.5) is 17.1 Å². The molecule has 3 aromatic carbocycles. The quantitative estimate of drug-likeness (QED) is 0.169. The lowest BCUT2D eigenvalue weighted by atomic mass is 9.90. The average molecular weight is 570 g/mol. The molecule has 11 heteroatoms. The molecule has 1 atom stereocenters. The first-order valence-electron chi connectivity index (χ1n) is 13.8. The molecular weight excluding hydrogens is 538 g/mol. The van der Waals surface area contributed by atoms with Gasteiger partial charge in [-0.25, -0.2) is 0 Å². The van der Waals surface area contributed by atoms with E-state index in [0.29, 0.717) is 33.8 Å². The van der Waals surface area contributed by atoms with Crippen LogP contribution in [0.15, 0.2) is 71.7 Å². The third kappa shape index (κ3) is 6.52. The fraction of sp³-hybridized carbons (Fsp3) is 0.290. The van der Waals surface area contributed by atoms with Gasteiger partial charge in [-0.2, -0.15) is 0 Å².